The molecule has 1 N–H and O–H groups in total. The number of piperidine rings is 1. The van der Waals surface area contributed by atoms with E-state index in [4.69, 9.17) is 40.0 Å². The minimum Gasteiger partial charge on any atom is -0.319 e. The first kappa shape index (κ1) is 21.8. The van der Waals surface area contributed by atoms with Gasteiger partial charge in [-0.2, -0.15) is 21.0 Å². The molecule has 1 aliphatic rings. The Morgan fingerprint density at radius 1 is 0.654 bits per heavy atom. The van der Waals surface area contributed by atoms with E-state index in [1.54, 1.807) is 0 Å². The van der Waals surface area contributed by atoms with Crippen molar-refractivity contribution in [3.05, 3.63) is 0 Å². The highest BCUT2D eigenvalue weighted by Gasteiger charge is 2.51. The summed E-state index contributed by atoms with van der Waals surface area (Å²) in [4.78, 5) is 0. The molecule has 9 heteroatoms. The summed E-state index contributed by atoms with van der Waals surface area (Å²) in [6.45, 7) is 6.16. The SMILES string of the molecule is CC(C#N)OC1(OC(C)C#N)CCCC(OC(C)C#N)(OC(C)C#N)N1. The third kappa shape index (κ3) is 5.93. The Hall–Kier alpha value is -2.24. The predicted molar refractivity (Wildman–Crippen MR) is 87.1 cm³/mol. The Balaban J connectivity index is 3.22. The molecule has 0 amide bonds. The van der Waals surface area contributed by atoms with Gasteiger partial charge in [-0.3, -0.25) is 0 Å². The van der Waals surface area contributed by atoms with Crippen LogP contribution in [-0.2, 0) is 18.9 Å². The van der Waals surface area contributed by atoms with Gasteiger partial charge in [-0.25, -0.2) is 5.32 Å². The second-order valence-electron chi connectivity index (χ2n) is 6.04. The van der Waals surface area contributed by atoms with Crippen LogP contribution in [0.5, 0.6) is 0 Å². The van der Waals surface area contributed by atoms with Crippen molar-refractivity contribution in [1.29, 1.82) is 21.0 Å². The fourth-order valence-corrected chi connectivity index (χ4v) is 2.63. The number of hydrogen-bond acceptors (Lipinski definition) is 9. The molecule has 0 bridgehead atoms. The minimum atomic E-state index is -1.53. The van der Waals surface area contributed by atoms with Crippen LogP contribution in [0.25, 0.3) is 0 Å². The second kappa shape index (κ2) is 9.46. The Morgan fingerprint density at radius 3 is 1.15 bits per heavy atom. The van der Waals surface area contributed by atoms with E-state index in [1.165, 1.54) is 27.7 Å². The maximum Gasteiger partial charge on any atom is 0.233 e. The van der Waals surface area contributed by atoms with Gasteiger partial charge < -0.3 is 18.9 Å². The van der Waals surface area contributed by atoms with E-state index in [1.807, 2.05) is 24.3 Å². The van der Waals surface area contributed by atoms with E-state index in [2.05, 4.69) is 5.32 Å². The van der Waals surface area contributed by atoms with Gasteiger partial charge in [-0.1, -0.05) is 0 Å². The number of rotatable bonds is 8. The average molecular weight is 361 g/mol. The molecule has 0 aromatic heterocycles. The molecular formula is C17H23N5O4. The van der Waals surface area contributed by atoms with Crippen molar-refractivity contribution >= 4 is 0 Å². The first-order valence-electron chi connectivity index (χ1n) is 8.32. The van der Waals surface area contributed by atoms with Crippen molar-refractivity contribution in [2.75, 3.05) is 0 Å². The van der Waals surface area contributed by atoms with Crippen molar-refractivity contribution in [3.8, 4) is 24.3 Å². The van der Waals surface area contributed by atoms with Crippen molar-refractivity contribution in [1.82, 2.24) is 5.32 Å². The fourth-order valence-electron chi connectivity index (χ4n) is 2.63. The average Bonchev–Trinajstić information content (AvgIpc) is 2.60. The number of nitrogens with zero attached hydrogens (tertiary/aromatic N) is 4. The van der Waals surface area contributed by atoms with Gasteiger partial charge >= 0.3 is 0 Å². The third-order valence-corrected chi connectivity index (χ3v) is 3.59. The van der Waals surface area contributed by atoms with Gasteiger partial charge in [0, 0.05) is 12.8 Å². The molecule has 1 aliphatic heterocycles. The minimum absolute atomic E-state index is 0.321. The van der Waals surface area contributed by atoms with Crippen LogP contribution in [0, 0.1) is 45.3 Å². The van der Waals surface area contributed by atoms with Crippen molar-refractivity contribution in [3.63, 3.8) is 0 Å². The van der Waals surface area contributed by atoms with Gasteiger partial charge in [-0.05, 0) is 34.1 Å². The lowest BCUT2D eigenvalue weighted by molar-refractivity contribution is -0.378. The van der Waals surface area contributed by atoms with Gasteiger partial charge in [-0.15, -0.1) is 0 Å². The zero-order valence-corrected chi connectivity index (χ0v) is 15.4. The number of nitriles is 4. The van der Waals surface area contributed by atoms with Crippen molar-refractivity contribution < 1.29 is 18.9 Å². The van der Waals surface area contributed by atoms with Crippen molar-refractivity contribution in [2.24, 2.45) is 0 Å². The van der Waals surface area contributed by atoms with Crippen LogP contribution in [0.1, 0.15) is 47.0 Å². The summed E-state index contributed by atoms with van der Waals surface area (Å²) in [5.41, 5.74) is 0. The molecule has 1 fully saturated rings. The first-order chi connectivity index (χ1) is 12.2. The Morgan fingerprint density at radius 2 is 0.923 bits per heavy atom. The van der Waals surface area contributed by atoms with Gasteiger partial charge in [0.05, 0.1) is 24.3 Å². The van der Waals surface area contributed by atoms with Crippen LogP contribution >= 0.6 is 0 Å². The van der Waals surface area contributed by atoms with Crippen LogP contribution in [0.2, 0.25) is 0 Å². The molecule has 0 spiro atoms. The molecule has 4 atom stereocenters. The predicted octanol–water partition coefficient (Wildman–Crippen LogP) is 1.78. The summed E-state index contributed by atoms with van der Waals surface area (Å²) in [6, 6.07) is 7.79. The molecule has 1 rings (SSSR count). The quantitative estimate of drug-likeness (QED) is 0.639. The highest BCUT2D eigenvalue weighted by atomic mass is 16.8. The summed E-state index contributed by atoms with van der Waals surface area (Å²) in [5.74, 6) is -3.07. The lowest BCUT2D eigenvalue weighted by atomic mass is 10.0. The van der Waals surface area contributed by atoms with E-state index >= 15 is 0 Å². The highest BCUT2D eigenvalue weighted by molar-refractivity contribution is 4.94. The summed E-state index contributed by atoms with van der Waals surface area (Å²) >= 11 is 0. The van der Waals surface area contributed by atoms with Gasteiger partial charge in [0.25, 0.3) is 0 Å². The van der Waals surface area contributed by atoms with E-state index < -0.39 is 36.2 Å². The Bertz CT molecular complexity index is 543. The molecular weight excluding hydrogens is 338 g/mol. The molecule has 0 radical (unpaired) electrons. The number of hydrogen-bond donors (Lipinski definition) is 1. The zero-order valence-electron chi connectivity index (χ0n) is 15.4. The van der Waals surface area contributed by atoms with E-state index in [0.717, 1.165) is 0 Å². The van der Waals surface area contributed by atoms with Gasteiger partial charge in [0.1, 0.15) is 24.4 Å². The van der Waals surface area contributed by atoms with E-state index in [0.29, 0.717) is 19.3 Å². The first-order valence-corrected chi connectivity index (χ1v) is 8.32. The molecule has 4 unspecified atom stereocenters. The highest BCUT2D eigenvalue weighted by Crippen LogP contribution is 2.35. The Kier molecular flexibility index (Phi) is 7.93. The smallest absolute Gasteiger partial charge is 0.233 e. The summed E-state index contributed by atoms with van der Waals surface area (Å²) in [6.07, 6.45) is -2.24. The van der Waals surface area contributed by atoms with Crippen LogP contribution < -0.4 is 5.32 Å². The maximum atomic E-state index is 9.10. The largest absolute Gasteiger partial charge is 0.319 e. The molecule has 0 aromatic rings. The van der Waals surface area contributed by atoms with Crippen LogP contribution in [0.3, 0.4) is 0 Å². The molecule has 26 heavy (non-hydrogen) atoms. The van der Waals surface area contributed by atoms with Crippen LogP contribution in [0.15, 0.2) is 0 Å². The van der Waals surface area contributed by atoms with Crippen LogP contribution in [0.4, 0.5) is 0 Å². The molecule has 1 saturated heterocycles. The zero-order chi connectivity index (χ0) is 19.8. The van der Waals surface area contributed by atoms with Crippen molar-refractivity contribution in [2.45, 2.75) is 83.2 Å². The summed E-state index contributed by atoms with van der Waals surface area (Å²) in [7, 11) is 0. The van der Waals surface area contributed by atoms with Gasteiger partial charge in [0.15, 0.2) is 0 Å². The third-order valence-electron chi connectivity index (χ3n) is 3.59. The molecule has 9 nitrogen and oxygen atoms in total. The number of ether oxygens (including phenoxy) is 4. The normalized spacial score (nSPS) is 29.8. The topological polar surface area (TPSA) is 144 Å². The maximum absolute atomic E-state index is 9.10. The van der Waals surface area contributed by atoms with E-state index in [-0.39, 0.29) is 0 Å². The van der Waals surface area contributed by atoms with Gasteiger partial charge in [0.2, 0.25) is 11.8 Å². The molecule has 140 valence electrons. The molecule has 0 aromatic carbocycles. The molecule has 0 saturated carbocycles. The molecule has 1 heterocycles. The standard InChI is InChI=1S/C17H23N5O4/c1-12(8-18)23-16(24-13(2)9-19)6-5-7-17(22-16,25-14(3)10-20)26-15(4)11-21/h12-15,22H,5-7H2,1-4H3. The van der Waals surface area contributed by atoms with E-state index in [9.17, 15) is 0 Å². The summed E-state index contributed by atoms with van der Waals surface area (Å²) < 4.78 is 22.9. The summed E-state index contributed by atoms with van der Waals surface area (Å²) in [5, 5.41) is 39.3. The monoisotopic (exact) mass is 361 g/mol. The number of nitrogens with one attached hydrogen (secondary N) is 1. The fraction of sp³-hybridized carbons (Fsp3) is 0.765. The Labute approximate surface area is 153 Å². The lowest BCUT2D eigenvalue weighted by Gasteiger charge is -2.48. The second-order valence-corrected chi connectivity index (χ2v) is 6.04. The molecule has 0 aliphatic carbocycles. The van der Waals surface area contributed by atoms with Crippen LogP contribution in [-0.4, -0.2) is 36.2 Å². The lowest BCUT2D eigenvalue weighted by Crippen LogP contribution is -2.68.